The lowest BCUT2D eigenvalue weighted by Crippen LogP contribution is -2.48. The zero-order chi connectivity index (χ0) is 11.9. The highest BCUT2D eigenvalue weighted by Gasteiger charge is 2.22. The average molecular weight is 213 g/mol. The van der Waals surface area contributed by atoms with Gasteiger partial charge in [0.25, 0.3) is 0 Å². The van der Waals surface area contributed by atoms with Crippen molar-refractivity contribution >= 4 is 11.8 Å². The SMILES string of the molecule is C=CCNCC(=O)NC(C)(C)CC(N)=O. The molecule has 0 aromatic carbocycles. The molecule has 0 heterocycles. The van der Waals surface area contributed by atoms with Crippen molar-refractivity contribution in [3.05, 3.63) is 12.7 Å². The number of carbonyl (C=O) groups is 2. The Bertz CT molecular complexity index is 249. The second-order valence-electron chi connectivity index (χ2n) is 3.99. The molecule has 0 aromatic heterocycles. The van der Waals surface area contributed by atoms with Crippen LogP contribution in [0.5, 0.6) is 0 Å². The minimum atomic E-state index is -0.598. The maximum atomic E-state index is 11.4. The molecule has 0 bridgehead atoms. The van der Waals surface area contributed by atoms with Crippen molar-refractivity contribution in [1.82, 2.24) is 10.6 Å². The van der Waals surface area contributed by atoms with Crippen LogP contribution in [0.2, 0.25) is 0 Å². The van der Waals surface area contributed by atoms with Gasteiger partial charge in [0, 0.05) is 18.5 Å². The number of carbonyl (C=O) groups excluding carboxylic acids is 2. The lowest BCUT2D eigenvalue weighted by molar-refractivity contribution is -0.123. The highest BCUT2D eigenvalue weighted by molar-refractivity contribution is 5.81. The van der Waals surface area contributed by atoms with Gasteiger partial charge in [-0.25, -0.2) is 0 Å². The van der Waals surface area contributed by atoms with Crippen molar-refractivity contribution in [2.24, 2.45) is 5.73 Å². The van der Waals surface area contributed by atoms with Gasteiger partial charge in [0.2, 0.25) is 11.8 Å². The molecule has 86 valence electrons. The van der Waals surface area contributed by atoms with Crippen LogP contribution in [-0.4, -0.2) is 30.4 Å². The van der Waals surface area contributed by atoms with Gasteiger partial charge in [0.1, 0.15) is 0 Å². The third-order valence-corrected chi connectivity index (χ3v) is 1.67. The predicted molar refractivity (Wildman–Crippen MR) is 59.1 cm³/mol. The highest BCUT2D eigenvalue weighted by atomic mass is 16.2. The fourth-order valence-electron chi connectivity index (χ4n) is 1.19. The van der Waals surface area contributed by atoms with Gasteiger partial charge in [-0.2, -0.15) is 0 Å². The van der Waals surface area contributed by atoms with Crippen molar-refractivity contribution in [3.63, 3.8) is 0 Å². The summed E-state index contributed by atoms with van der Waals surface area (Å²) in [4.78, 5) is 22.1. The fourth-order valence-corrected chi connectivity index (χ4v) is 1.19. The van der Waals surface area contributed by atoms with Gasteiger partial charge >= 0.3 is 0 Å². The van der Waals surface area contributed by atoms with Crippen molar-refractivity contribution < 1.29 is 9.59 Å². The summed E-state index contributed by atoms with van der Waals surface area (Å²) in [5, 5.41) is 5.57. The Hall–Kier alpha value is -1.36. The summed E-state index contributed by atoms with van der Waals surface area (Å²) in [5.74, 6) is -0.595. The molecule has 0 rings (SSSR count). The van der Waals surface area contributed by atoms with Gasteiger partial charge in [-0.05, 0) is 13.8 Å². The molecule has 0 spiro atoms. The first kappa shape index (κ1) is 13.6. The van der Waals surface area contributed by atoms with E-state index in [9.17, 15) is 9.59 Å². The van der Waals surface area contributed by atoms with Crippen LogP contribution in [0.1, 0.15) is 20.3 Å². The van der Waals surface area contributed by atoms with Gasteiger partial charge in [-0.3, -0.25) is 9.59 Å². The summed E-state index contributed by atoms with van der Waals surface area (Å²) >= 11 is 0. The normalized spacial score (nSPS) is 10.8. The Balaban J connectivity index is 3.92. The van der Waals surface area contributed by atoms with E-state index in [2.05, 4.69) is 17.2 Å². The zero-order valence-corrected chi connectivity index (χ0v) is 9.30. The minimum Gasteiger partial charge on any atom is -0.370 e. The molecule has 4 N–H and O–H groups in total. The second kappa shape index (κ2) is 6.19. The molecule has 5 nitrogen and oxygen atoms in total. The molecule has 0 aromatic rings. The molecular weight excluding hydrogens is 194 g/mol. The Kier molecular flexibility index (Phi) is 5.62. The fraction of sp³-hybridized carbons (Fsp3) is 0.600. The number of amides is 2. The van der Waals surface area contributed by atoms with E-state index >= 15 is 0 Å². The largest absolute Gasteiger partial charge is 0.370 e. The van der Waals surface area contributed by atoms with Crippen molar-refractivity contribution in [2.75, 3.05) is 13.1 Å². The van der Waals surface area contributed by atoms with Crippen LogP contribution >= 0.6 is 0 Å². The summed E-state index contributed by atoms with van der Waals surface area (Å²) in [6.07, 6.45) is 1.79. The van der Waals surface area contributed by atoms with Crippen molar-refractivity contribution in [1.29, 1.82) is 0 Å². The van der Waals surface area contributed by atoms with Crippen LogP contribution in [0.4, 0.5) is 0 Å². The molecule has 15 heavy (non-hydrogen) atoms. The number of rotatable bonds is 7. The van der Waals surface area contributed by atoms with E-state index in [0.29, 0.717) is 6.54 Å². The van der Waals surface area contributed by atoms with E-state index in [1.807, 2.05) is 0 Å². The number of nitrogens with one attached hydrogen (secondary N) is 2. The molecule has 5 heteroatoms. The zero-order valence-electron chi connectivity index (χ0n) is 9.30. The van der Waals surface area contributed by atoms with Gasteiger partial charge in [-0.1, -0.05) is 6.08 Å². The Morgan fingerprint density at radius 2 is 2.07 bits per heavy atom. The Morgan fingerprint density at radius 1 is 1.47 bits per heavy atom. The lowest BCUT2D eigenvalue weighted by Gasteiger charge is -2.24. The van der Waals surface area contributed by atoms with Crippen LogP contribution in [0.25, 0.3) is 0 Å². The number of hydrogen-bond acceptors (Lipinski definition) is 3. The molecule has 0 aliphatic heterocycles. The molecule has 0 radical (unpaired) electrons. The lowest BCUT2D eigenvalue weighted by atomic mass is 10.0. The molecule has 0 fully saturated rings. The minimum absolute atomic E-state index is 0.125. The summed E-state index contributed by atoms with van der Waals surface area (Å²) in [6, 6.07) is 0. The van der Waals surface area contributed by atoms with Crippen LogP contribution in [-0.2, 0) is 9.59 Å². The van der Waals surface area contributed by atoms with Gasteiger partial charge < -0.3 is 16.4 Å². The Morgan fingerprint density at radius 3 is 2.53 bits per heavy atom. The predicted octanol–water partition coefficient (Wildman–Crippen LogP) is -0.468. The Labute approximate surface area is 90.1 Å². The maximum Gasteiger partial charge on any atom is 0.234 e. The molecule has 2 amide bonds. The van der Waals surface area contributed by atoms with E-state index in [0.717, 1.165) is 0 Å². The van der Waals surface area contributed by atoms with Gasteiger partial charge in [0.05, 0.1) is 6.54 Å². The second-order valence-corrected chi connectivity index (χ2v) is 3.99. The van der Waals surface area contributed by atoms with Gasteiger partial charge in [0.15, 0.2) is 0 Å². The number of primary amides is 1. The van der Waals surface area contributed by atoms with E-state index in [4.69, 9.17) is 5.73 Å². The van der Waals surface area contributed by atoms with Gasteiger partial charge in [-0.15, -0.1) is 6.58 Å². The van der Waals surface area contributed by atoms with Crippen LogP contribution < -0.4 is 16.4 Å². The molecule has 0 atom stereocenters. The first-order valence-corrected chi connectivity index (χ1v) is 4.78. The van der Waals surface area contributed by atoms with Crippen molar-refractivity contribution in [3.8, 4) is 0 Å². The quantitative estimate of drug-likeness (QED) is 0.395. The summed E-state index contributed by atoms with van der Waals surface area (Å²) in [5.41, 5.74) is 4.46. The van der Waals surface area contributed by atoms with Crippen LogP contribution in [0.3, 0.4) is 0 Å². The summed E-state index contributed by atoms with van der Waals surface area (Å²) < 4.78 is 0. The smallest absolute Gasteiger partial charge is 0.234 e. The third kappa shape index (κ3) is 7.69. The molecule has 0 aliphatic carbocycles. The molecule has 0 saturated carbocycles. The standard InChI is InChI=1S/C10H19N3O2/c1-4-5-12-7-9(15)13-10(2,3)6-8(11)14/h4,12H,1,5-7H2,2-3H3,(H2,11,14)(H,13,15). The summed E-state index contributed by atoms with van der Waals surface area (Å²) in [6.45, 7) is 7.80. The monoisotopic (exact) mass is 213 g/mol. The molecule has 0 unspecified atom stereocenters. The molecule has 0 aliphatic rings. The maximum absolute atomic E-state index is 11.4. The highest BCUT2D eigenvalue weighted by Crippen LogP contribution is 2.06. The van der Waals surface area contributed by atoms with Crippen LogP contribution in [0, 0.1) is 0 Å². The van der Waals surface area contributed by atoms with E-state index in [1.54, 1.807) is 19.9 Å². The molecule has 0 saturated heterocycles. The number of nitrogens with two attached hydrogens (primary N) is 1. The first-order valence-electron chi connectivity index (χ1n) is 4.78. The topological polar surface area (TPSA) is 84.2 Å². The van der Waals surface area contributed by atoms with E-state index < -0.39 is 11.4 Å². The van der Waals surface area contributed by atoms with Crippen LogP contribution in [0.15, 0.2) is 12.7 Å². The third-order valence-electron chi connectivity index (χ3n) is 1.67. The molecular formula is C10H19N3O2. The number of hydrogen-bond donors (Lipinski definition) is 3. The average Bonchev–Trinajstić information content (AvgIpc) is 2.00. The van der Waals surface area contributed by atoms with Crippen molar-refractivity contribution in [2.45, 2.75) is 25.8 Å². The summed E-state index contributed by atoms with van der Waals surface area (Å²) in [7, 11) is 0. The van der Waals surface area contributed by atoms with E-state index in [-0.39, 0.29) is 18.9 Å². The first-order chi connectivity index (χ1) is 6.87. The van der Waals surface area contributed by atoms with E-state index in [1.165, 1.54) is 0 Å².